The van der Waals surface area contributed by atoms with E-state index in [0.29, 0.717) is 12.8 Å². The predicted octanol–water partition coefficient (Wildman–Crippen LogP) is 3.96. The molecule has 0 aromatic heterocycles. The Kier molecular flexibility index (Phi) is 13.4. The summed E-state index contributed by atoms with van der Waals surface area (Å²) in [4.78, 5) is 21.7. The number of carboxylic acid groups (broad SMARTS) is 1. The van der Waals surface area contributed by atoms with Crippen molar-refractivity contribution in [3.63, 3.8) is 0 Å². The Balaban J connectivity index is 3.55. The van der Waals surface area contributed by atoms with E-state index in [1.807, 2.05) is 0 Å². The van der Waals surface area contributed by atoms with Gasteiger partial charge in [0.1, 0.15) is 0 Å². The first-order chi connectivity index (χ1) is 10.2. The second-order valence-electron chi connectivity index (χ2n) is 5.09. The molecule has 116 valence electrons. The number of hydrogen-bond donors (Lipinski definition) is 1. The van der Waals surface area contributed by atoms with Crippen molar-refractivity contribution in [1.82, 2.24) is 0 Å². The highest BCUT2D eigenvalue weighted by Crippen LogP contribution is 2.05. The number of Topliss-reactive ketones (excluding diaryl/α,β-unsaturated/α-hetero) is 1. The average Bonchev–Trinajstić information content (AvgIpc) is 2.45. The first-order valence-corrected chi connectivity index (χ1v) is 7.90. The summed E-state index contributed by atoms with van der Waals surface area (Å²) < 4.78 is 0. The summed E-state index contributed by atoms with van der Waals surface area (Å²) in [5.74, 6) is 9.99. The molecule has 0 unspecified atom stereocenters. The molecule has 0 spiro atoms. The van der Waals surface area contributed by atoms with Crippen LogP contribution in [0.5, 0.6) is 0 Å². The minimum absolute atomic E-state index is 0.0754. The molecule has 3 heteroatoms. The number of carbonyl (C=O) groups is 2. The molecule has 0 aliphatic carbocycles. The monoisotopic (exact) mass is 290 g/mol. The SMILES string of the molecule is CCCCCCC#CC#CC(=O)CCCCCCC(=O)O. The number of ketones is 1. The van der Waals surface area contributed by atoms with Gasteiger partial charge in [-0.2, -0.15) is 0 Å². The zero-order valence-corrected chi connectivity index (χ0v) is 13.0. The van der Waals surface area contributed by atoms with Gasteiger partial charge in [0.05, 0.1) is 0 Å². The molecule has 0 amide bonds. The Labute approximate surface area is 128 Å². The summed E-state index contributed by atoms with van der Waals surface area (Å²) in [7, 11) is 0. The summed E-state index contributed by atoms with van der Waals surface area (Å²) in [5.41, 5.74) is 0. The third-order valence-electron chi connectivity index (χ3n) is 3.05. The lowest BCUT2D eigenvalue weighted by Gasteiger charge is -1.96. The smallest absolute Gasteiger partial charge is 0.303 e. The fraction of sp³-hybridized carbons (Fsp3) is 0.667. The normalized spacial score (nSPS) is 9.19. The number of rotatable bonds is 11. The number of carbonyl (C=O) groups excluding carboxylic acids is 1. The van der Waals surface area contributed by atoms with Crippen LogP contribution in [0.4, 0.5) is 0 Å². The maximum atomic E-state index is 11.4. The molecule has 0 aliphatic rings. The highest BCUT2D eigenvalue weighted by Gasteiger charge is 1.99. The summed E-state index contributed by atoms with van der Waals surface area (Å²) >= 11 is 0. The van der Waals surface area contributed by atoms with E-state index >= 15 is 0 Å². The fourth-order valence-electron chi connectivity index (χ4n) is 1.83. The van der Waals surface area contributed by atoms with Crippen LogP contribution in [-0.4, -0.2) is 16.9 Å². The van der Waals surface area contributed by atoms with Gasteiger partial charge < -0.3 is 5.11 Å². The summed E-state index contributed by atoms with van der Waals surface area (Å²) in [6, 6.07) is 0. The van der Waals surface area contributed by atoms with Crippen LogP contribution in [0, 0.1) is 23.7 Å². The highest BCUT2D eigenvalue weighted by molar-refractivity contribution is 5.95. The Morgan fingerprint density at radius 3 is 2.19 bits per heavy atom. The van der Waals surface area contributed by atoms with E-state index in [1.165, 1.54) is 19.3 Å². The van der Waals surface area contributed by atoms with Crippen molar-refractivity contribution < 1.29 is 14.7 Å². The van der Waals surface area contributed by atoms with Gasteiger partial charge in [0, 0.05) is 19.3 Å². The number of hydrogen-bond acceptors (Lipinski definition) is 2. The molecule has 0 fully saturated rings. The van der Waals surface area contributed by atoms with Crippen molar-refractivity contribution in [3.05, 3.63) is 0 Å². The van der Waals surface area contributed by atoms with Gasteiger partial charge in [-0.1, -0.05) is 44.9 Å². The number of aliphatic carboxylic acids is 1. The second kappa shape index (κ2) is 14.7. The van der Waals surface area contributed by atoms with Gasteiger partial charge in [-0.3, -0.25) is 9.59 Å². The second-order valence-corrected chi connectivity index (χ2v) is 5.09. The Morgan fingerprint density at radius 2 is 1.52 bits per heavy atom. The van der Waals surface area contributed by atoms with Gasteiger partial charge in [-0.15, -0.1) is 0 Å². The molecule has 0 aromatic rings. The van der Waals surface area contributed by atoms with Gasteiger partial charge in [-0.05, 0) is 37.0 Å². The van der Waals surface area contributed by atoms with Crippen molar-refractivity contribution in [2.45, 2.75) is 77.6 Å². The molecule has 0 aromatic carbocycles. The molecule has 0 atom stereocenters. The molecule has 0 rings (SSSR count). The Bertz CT molecular complexity index is 415. The van der Waals surface area contributed by atoms with Crippen LogP contribution in [0.2, 0.25) is 0 Å². The minimum atomic E-state index is -0.759. The van der Waals surface area contributed by atoms with E-state index in [1.54, 1.807) is 0 Å². The first kappa shape index (κ1) is 19.3. The molecular weight excluding hydrogens is 264 g/mol. The van der Waals surface area contributed by atoms with Crippen LogP contribution in [-0.2, 0) is 9.59 Å². The van der Waals surface area contributed by atoms with Crippen LogP contribution in [0.15, 0.2) is 0 Å². The maximum Gasteiger partial charge on any atom is 0.303 e. The van der Waals surface area contributed by atoms with E-state index < -0.39 is 5.97 Å². The zero-order valence-electron chi connectivity index (χ0n) is 13.0. The lowest BCUT2D eigenvalue weighted by atomic mass is 10.1. The molecule has 0 aliphatic heterocycles. The third kappa shape index (κ3) is 16.2. The van der Waals surface area contributed by atoms with E-state index in [9.17, 15) is 9.59 Å². The van der Waals surface area contributed by atoms with Crippen LogP contribution in [0.25, 0.3) is 0 Å². The van der Waals surface area contributed by atoms with Crippen molar-refractivity contribution in [3.8, 4) is 23.7 Å². The van der Waals surface area contributed by atoms with Crippen LogP contribution in [0.3, 0.4) is 0 Å². The summed E-state index contributed by atoms with van der Waals surface area (Å²) in [6.45, 7) is 2.18. The standard InChI is InChI=1S/C18H26O3/c1-2-3-4-5-6-7-8-11-14-17(19)15-12-9-10-13-16-18(20)21/h2-6,9-10,12-13,15-16H2,1H3,(H,20,21). The summed E-state index contributed by atoms with van der Waals surface area (Å²) in [6.07, 6.45) is 9.47. The lowest BCUT2D eigenvalue weighted by Crippen LogP contribution is -1.95. The van der Waals surface area contributed by atoms with Crippen LogP contribution < -0.4 is 0 Å². The molecule has 0 bridgehead atoms. The zero-order chi connectivity index (χ0) is 15.8. The fourth-order valence-corrected chi connectivity index (χ4v) is 1.83. The van der Waals surface area contributed by atoms with Crippen LogP contribution >= 0.6 is 0 Å². The number of carboxylic acids is 1. The van der Waals surface area contributed by atoms with Gasteiger partial charge in [0.15, 0.2) is 0 Å². The van der Waals surface area contributed by atoms with E-state index in [-0.39, 0.29) is 12.2 Å². The van der Waals surface area contributed by atoms with Crippen molar-refractivity contribution in [2.75, 3.05) is 0 Å². The van der Waals surface area contributed by atoms with Crippen molar-refractivity contribution >= 4 is 11.8 Å². The Hall–Kier alpha value is -1.74. The first-order valence-electron chi connectivity index (χ1n) is 7.90. The van der Waals surface area contributed by atoms with Crippen molar-refractivity contribution in [2.24, 2.45) is 0 Å². The molecule has 3 nitrogen and oxygen atoms in total. The van der Waals surface area contributed by atoms with Crippen LogP contribution in [0.1, 0.15) is 77.6 Å². The molecule has 0 saturated heterocycles. The van der Waals surface area contributed by atoms with E-state index in [4.69, 9.17) is 5.11 Å². The topological polar surface area (TPSA) is 54.4 Å². The summed E-state index contributed by atoms with van der Waals surface area (Å²) in [5, 5.41) is 8.47. The maximum absolute atomic E-state index is 11.4. The molecule has 0 saturated carbocycles. The average molecular weight is 290 g/mol. The molecule has 0 radical (unpaired) electrons. The quantitative estimate of drug-likeness (QED) is 0.356. The molecule has 0 heterocycles. The Morgan fingerprint density at radius 1 is 0.857 bits per heavy atom. The molecule has 21 heavy (non-hydrogen) atoms. The molecule has 1 N–H and O–H groups in total. The number of unbranched alkanes of at least 4 members (excludes halogenated alkanes) is 7. The predicted molar refractivity (Wildman–Crippen MR) is 84.7 cm³/mol. The van der Waals surface area contributed by atoms with E-state index in [2.05, 4.69) is 30.6 Å². The highest BCUT2D eigenvalue weighted by atomic mass is 16.4. The minimum Gasteiger partial charge on any atom is -0.481 e. The van der Waals surface area contributed by atoms with Gasteiger partial charge >= 0.3 is 5.97 Å². The lowest BCUT2D eigenvalue weighted by molar-refractivity contribution is -0.137. The van der Waals surface area contributed by atoms with Crippen molar-refractivity contribution in [1.29, 1.82) is 0 Å². The van der Waals surface area contributed by atoms with Gasteiger partial charge in [0.25, 0.3) is 0 Å². The van der Waals surface area contributed by atoms with Gasteiger partial charge in [-0.25, -0.2) is 0 Å². The molecular formula is C18H26O3. The third-order valence-corrected chi connectivity index (χ3v) is 3.05. The van der Waals surface area contributed by atoms with Gasteiger partial charge in [0.2, 0.25) is 5.78 Å². The van der Waals surface area contributed by atoms with E-state index in [0.717, 1.165) is 32.1 Å². The largest absolute Gasteiger partial charge is 0.481 e.